The van der Waals surface area contributed by atoms with E-state index in [1.807, 2.05) is 12.1 Å². The number of furan rings is 2. The first-order chi connectivity index (χ1) is 26.3. The summed E-state index contributed by atoms with van der Waals surface area (Å²) >= 11 is 0. The summed E-state index contributed by atoms with van der Waals surface area (Å²) in [5.41, 5.74) is 11.4. The quantitative estimate of drug-likeness (QED) is 0.182. The van der Waals surface area contributed by atoms with Crippen LogP contribution in [0.2, 0.25) is 0 Å². The van der Waals surface area contributed by atoms with Gasteiger partial charge >= 0.3 is 0 Å². The zero-order chi connectivity index (χ0) is 34.9. The first-order valence-electron chi connectivity index (χ1n) is 18.0. The molecule has 2 heterocycles. The molecule has 9 aromatic carbocycles. The van der Waals surface area contributed by atoms with E-state index in [4.69, 9.17) is 8.83 Å². The molecule has 0 bridgehead atoms. The number of hydrogen-bond donors (Lipinski definition) is 0. The van der Waals surface area contributed by atoms with Gasteiger partial charge in [0.15, 0.2) is 0 Å². The molecule has 0 radical (unpaired) electrons. The third-order valence-electron chi connectivity index (χ3n) is 10.6. The Morgan fingerprint density at radius 2 is 1.00 bits per heavy atom. The standard InChI is InChI=1S/C50H31NO2/c1-3-15-39-33(10-1)12-8-18-40(39)36-13-7-14-38(30-36)51(45-19-9-21-47-49(45)44-29-24-34-11-2-4-16-41(34)50(44)53-47)37-26-22-32(23-27-37)35-25-28-43-42-17-5-6-20-46(42)52-48(43)31-35/h1-31H. The summed E-state index contributed by atoms with van der Waals surface area (Å²) in [4.78, 5) is 2.37. The van der Waals surface area contributed by atoms with Crippen LogP contribution in [0.4, 0.5) is 17.1 Å². The van der Waals surface area contributed by atoms with E-state index >= 15 is 0 Å². The summed E-state index contributed by atoms with van der Waals surface area (Å²) in [6.07, 6.45) is 0. The molecule has 0 fully saturated rings. The largest absolute Gasteiger partial charge is 0.456 e. The van der Waals surface area contributed by atoms with Gasteiger partial charge in [0.25, 0.3) is 0 Å². The van der Waals surface area contributed by atoms with Gasteiger partial charge in [0.1, 0.15) is 22.3 Å². The second-order valence-electron chi connectivity index (χ2n) is 13.7. The summed E-state index contributed by atoms with van der Waals surface area (Å²) in [5.74, 6) is 0. The number of para-hydroxylation sites is 1. The summed E-state index contributed by atoms with van der Waals surface area (Å²) in [7, 11) is 0. The van der Waals surface area contributed by atoms with E-state index in [-0.39, 0.29) is 0 Å². The third-order valence-corrected chi connectivity index (χ3v) is 10.6. The first-order valence-corrected chi connectivity index (χ1v) is 18.0. The van der Waals surface area contributed by atoms with Crippen LogP contribution in [0.25, 0.3) is 87.7 Å². The van der Waals surface area contributed by atoms with Crippen LogP contribution >= 0.6 is 0 Å². The number of hydrogen-bond acceptors (Lipinski definition) is 3. The van der Waals surface area contributed by atoms with Crippen LogP contribution in [0.15, 0.2) is 197 Å². The lowest BCUT2D eigenvalue weighted by Crippen LogP contribution is -2.10. The van der Waals surface area contributed by atoms with Gasteiger partial charge in [-0.15, -0.1) is 0 Å². The van der Waals surface area contributed by atoms with Crippen molar-refractivity contribution in [3.63, 3.8) is 0 Å². The maximum Gasteiger partial charge on any atom is 0.143 e. The number of nitrogens with zero attached hydrogens (tertiary/aromatic N) is 1. The number of fused-ring (bicyclic) bond motifs is 9. The van der Waals surface area contributed by atoms with Gasteiger partial charge in [0, 0.05) is 32.9 Å². The van der Waals surface area contributed by atoms with Crippen molar-refractivity contribution < 1.29 is 8.83 Å². The third kappa shape index (κ3) is 4.75. The molecule has 0 saturated carbocycles. The Kier molecular flexibility index (Phi) is 6.55. The van der Waals surface area contributed by atoms with Gasteiger partial charge in [-0.25, -0.2) is 0 Å². The van der Waals surface area contributed by atoms with Crippen LogP contribution in [0.1, 0.15) is 0 Å². The van der Waals surface area contributed by atoms with E-state index in [0.29, 0.717) is 0 Å². The molecule has 11 aromatic rings. The average Bonchev–Trinajstić information content (AvgIpc) is 3.80. The molecule has 2 aromatic heterocycles. The molecular formula is C50H31NO2. The van der Waals surface area contributed by atoms with Gasteiger partial charge < -0.3 is 13.7 Å². The van der Waals surface area contributed by atoms with Crippen molar-refractivity contribution in [1.82, 2.24) is 0 Å². The fourth-order valence-electron chi connectivity index (χ4n) is 8.15. The van der Waals surface area contributed by atoms with Crippen LogP contribution in [0, 0.1) is 0 Å². The van der Waals surface area contributed by atoms with Crippen molar-refractivity contribution in [3.8, 4) is 22.3 Å². The Labute approximate surface area is 305 Å². The Bertz CT molecular complexity index is 3180. The van der Waals surface area contributed by atoms with Crippen molar-refractivity contribution in [2.45, 2.75) is 0 Å². The monoisotopic (exact) mass is 677 g/mol. The topological polar surface area (TPSA) is 29.5 Å². The predicted octanol–water partition coefficient (Wildman–Crippen LogP) is 14.6. The molecule has 0 atom stereocenters. The molecule has 3 nitrogen and oxygen atoms in total. The molecule has 0 unspecified atom stereocenters. The van der Waals surface area contributed by atoms with Crippen molar-refractivity contribution >= 4 is 82.5 Å². The fraction of sp³-hybridized carbons (Fsp3) is 0. The summed E-state index contributed by atoms with van der Waals surface area (Å²) in [5, 5.41) is 9.19. The van der Waals surface area contributed by atoms with Gasteiger partial charge in [-0.3, -0.25) is 0 Å². The van der Waals surface area contributed by atoms with Crippen LogP contribution in [-0.2, 0) is 0 Å². The molecule has 0 saturated heterocycles. The van der Waals surface area contributed by atoms with E-state index < -0.39 is 0 Å². The lowest BCUT2D eigenvalue weighted by molar-refractivity contribution is 0.669. The van der Waals surface area contributed by atoms with Crippen molar-refractivity contribution in [3.05, 3.63) is 188 Å². The molecule has 11 rings (SSSR count). The molecule has 0 spiro atoms. The van der Waals surface area contributed by atoms with E-state index in [2.05, 4.69) is 181 Å². The van der Waals surface area contributed by atoms with Crippen molar-refractivity contribution in [2.24, 2.45) is 0 Å². The zero-order valence-electron chi connectivity index (χ0n) is 28.7. The molecule has 3 heteroatoms. The van der Waals surface area contributed by atoms with E-state index in [1.54, 1.807) is 0 Å². The highest BCUT2D eigenvalue weighted by Crippen LogP contribution is 2.45. The molecular weight excluding hydrogens is 647 g/mol. The number of rotatable bonds is 5. The molecule has 0 amide bonds. The van der Waals surface area contributed by atoms with E-state index in [1.165, 1.54) is 16.3 Å². The van der Waals surface area contributed by atoms with Crippen LogP contribution in [-0.4, -0.2) is 0 Å². The second kappa shape index (κ2) is 11.7. The van der Waals surface area contributed by atoms with Crippen molar-refractivity contribution in [2.75, 3.05) is 4.90 Å². The Morgan fingerprint density at radius 3 is 1.89 bits per heavy atom. The number of benzene rings is 9. The molecule has 0 aliphatic rings. The Morgan fingerprint density at radius 1 is 0.340 bits per heavy atom. The Hall–Kier alpha value is -7.10. The smallest absolute Gasteiger partial charge is 0.143 e. The Balaban J connectivity index is 1.10. The minimum absolute atomic E-state index is 0.861. The predicted molar refractivity (Wildman–Crippen MR) is 222 cm³/mol. The van der Waals surface area contributed by atoms with Gasteiger partial charge in [-0.1, -0.05) is 127 Å². The molecule has 248 valence electrons. The molecule has 0 aliphatic carbocycles. The maximum atomic E-state index is 6.67. The minimum Gasteiger partial charge on any atom is -0.456 e. The van der Waals surface area contributed by atoms with Crippen LogP contribution in [0.5, 0.6) is 0 Å². The summed E-state index contributed by atoms with van der Waals surface area (Å²) in [6, 6.07) is 66.8. The lowest BCUT2D eigenvalue weighted by Gasteiger charge is -2.27. The molecule has 0 N–H and O–H groups in total. The van der Waals surface area contributed by atoms with Gasteiger partial charge in [-0.05, 0) is 99.1 Å². The fourth-order valence-corrected chi connectivity index (χ4v) is 8.15. The second-order valence-corrected chi connectivity index (χ2v) is 13.7. The van der Waals surface area contributed by atoms with E-state index in [0.717, 1.165) is 88.4 Å². The maximum absolute atomic E-state index is 6.67. The van der Waals surface area contributed by atoms with Gasteiger partial charge in [-0.2, -0.15) is 0 Å². The highest BCUT2D eigenvalue weighted by atomic mass is 16.3. The van der Waals surface area contributed by atoms with Crippen molar-refractivity contribution in [1.29, 1.82) is 0 Å². The average molecular weight is 678 g/mol. The minimum atomic E-state index is 0.861. The molecule has 53 heavy (non-hydrogen) atoms. The van der Waals surface area contributed by atoms with E-state index in [9.17, 15) is 0 Å². The number of anilines is 3. The highest BCUT2D eigenvalue weighted by Gasteiger charge is 2.21. The summed E-state index contributed by atoms with van der Waals surface area (Å²) < 4.78 is 12.9. The SMILES string of the molecule is c1cc(-c2cccc3ccccc23)cc(N(c2ccc(-c3ccc4c(c3)oc3ccccc34)cc2)c2cccc3oc4c5ccccc5ccc4c23)c1. The first kappa shape index (κ1) is 29.6. The normalized spacial score (nSPS) is 11.8. The van der Waals surface area contributed by atoms with Gasteiger partial charge in [0.2, 0.25) is 0 Å². The van der Waals surface area contributed by atoms with Crippen LogP contribution < -0.4 is 4.90 Å². The highest BCUT2D eigenvalue weighted by molar-refractivity contribution is 6.19. The zero-order valence-corrected chi connectivity index (χ0v) is 28.7. The summed E-state index contributed by atoms with van der Waals surface area (Å²) in [6.45, 7) is 0. The van der Waals surface area contributed by atoms with Crippen LogP contribution in [0.3, 0.4) is 0 Å². The van der Waals surface area contributed by atoms with Gasteiger partial charge in [0.05, 0.1) is 11.1 Å². The lowest BCUT2D eigenvalue weighted by atomic mass is 9.97. The molecule has 0 aliphatic heterocycles.